The molecule has 1 amide bonds. The van der Waals surface area contributed by atoms with E-state index in [9.17, 15) is 13.6 Å². The molecule has 1 aromatic heterocycles. The lowest BCUT2D eigenvalue weighted by atomic mass is 10.2. The maximum Gasteiger partial charge on any atom is 0.255 e. The lowest BCUT2D eigenvalue weighted by molar-refractivity contribution is 0.102. The predicted octanol–water partition coefficient (Wildman–Crippen LogP) is 3.37. The van der Waals surface area contributed by atoms with Crippen molar-refractivity contribution in [2.45, 2.75) is 0 Å². The third-order valence-corrected chi connectivity index (χ3v) is 2.64. The van der Waals surface area contributed by atoms with Gasteiger partial charge in [-0.15, -0.1) is 0 Å². The van der Waals surface area contributed by atoms with Gasteiger partial charge in [0.25, 0.3) is 5.91 Å². The van der Waals surface area contributed by atoms with Crippen LogP contribution in [0.5, 0.6) is 0 Å². The monoisotopic (exact) mass is 312 g/mol. The summed E-state index contributed by atoms with van der Waals surface area (Å²) in [5.41, 5.74) is 0.189. The van der Waals surface area contributed by atoms with E-state index in [2.05, 4.69) is 26.2 Å². The van der Waals surface area contributed by atoms with Crippen molar-refractivity contribution in [1.82, 2.24) is 4.98 Å². The summed E-state index contributed by atoms with van der Waals surface area (Å²) in [6.45, 7) is 0. The fourth-order valence-corrected chi connectivity index (χ4v) is 1.73. The van der Waals surface area contributed by atoms with Crippen molar-refractivity contribution in [2.24, 2.45) is 0 Å². The standard InChI is InChI=1S/C12H7BrF2N2O/c13-8-3-1-2-7(6-8)12(18)16-9-4-5-10(14)17-11(9)15/h1-6H,(H,16,18). The summed E-state index contributed by atoms with van der Waals surface area (Å²) in [5, 5.41) is 2.32. The number of nitrogens with zero attached hydrogens (tertiary/aromatic N) is 1. The minimum Gasteiger partial charge on any atom is -0.318 e. The second-order valence-corrected chi connectivity index (χ2v) is 4.35. The Balaban J connectivity index is 2.21. The van der Waals surface area contributed by atoms with Crippen LogP contribution in [0.15, 0.2) is 40.9 Å². The Hall–Kier alpha value is -1.82. The number of nitrogens with one attached hydrogen (secondary N) is 1. The van der Waals surface area contributed by atoms with Gasteiger partial charge in [-0.1, -0.05) is 22.0 Å². The molecular formula is C12H7BrF2N2O. The number of carbonyl (C=O) groups excluding carboxylic acids is 1. The molecule has 0 aliphatic carbocycles. The molecule has 3 nitrogen and oxygen atoms in total. The van der Waals surface area contributed by atoms with Gasteiger partial charge in [0.1, 0.15) is 0 Å². The van der Waals surface area contributed by atoms with Gasteiger partial charge >= 0.3 is 0 Å². The van der Waals surface area contributed by atoms with E-state index >= 15 is 0 Å². The average molecular weight is 313 g/mol. The summed E-state index contributed by atoms with van der Waals surface area (Å²) < 4.78 is 26.6. The minimum absolute atomic E-state index is 0.165. The topological polar surface area (TPSA) is 42.0 Å². The Labute approximate surface area is 110 Å². The number of carbonyl (C=O) groups is 1. The maximum absolute atomic E-state index is 13.2. The molecule has 1 N–H and O–H groups in total. The Kier molecular flexibility index (Phi) is 3.66. The van der Waals surface area contributed by atoms with Crippen molar-refractivity contribution in [2.75, 3.05) is 5.32 Å². The van der Waals surface area contributed by atoms with Gasteiger partial charge in [0.2, 0.25) is 11.9 Å². The molecule has 0 unspecified atom stereocenters. The Morgan fingerprint density at radius 3 is 2.67 bits per heavy atom. The fourth-order valence-electron chi connectivity index (χ4n) is 1.33. The molecule has 2 aromatic rings. The minimum atomic E-state index is -1.06. The van der Waals surface area contributed by atoms with Crippen LogP contribution < -0.4 is 5.32 Å². The fraction of sp³-hybridized carbons (Fsp3) is 0. The van der Waals surface area contributed by atoms with Gasteiger partial charge in [-0.3, -0.25) is 4.79 Å². The zero-order valence-corrected chi connectivity index (χ0v) is 10.5. The van der Waals surface area contributed by atoms with E-state index in [4.69, 9.17) is 0 Å². The van der Waals surface area contributed by atoms with Crippen LogP contribution in [-0.4, -0.2) is 10.9 Å². The molecule has 18 heavy (non-hydrogen) atoms. The number of amides is 1. The first-order valence-corrected chi connectivity index (χ1v) is 5.74. The smallest absolute Gasteiger partial charge is 0.255 e. The zero-order chi connectivity index (χ0) is 13.1. The highest BCUT2D eigenvalue weighted by molar-refractivity contribution is 9.10. The molecule has 1 heterocycles. The lowest BCUT2D eigenvalue weighted by Crippen LogP contribution is -2.13. The largest absolute Gasteiger partial charge is 0.318 e. The van der Waals surface area contributed by atoms with E-state index in [0.29, 0.717) is 5.56 Å². The van der Waals surface area contributed by atoms with Crippen molar-refractivity contribution in [3.05, 3.63) is 58.3 Å². The SMILES string of the molecule is O=C(Nc1ccc(F)nc1F)c1cccc(Br)c1. The highest BCUT2D eigenvalue weighted by Gasteiger charge is 2.11. The third kappa shape index (κ3) is 2.89. The highest BCUT2D eigenvalue weighted by Crippen LogP contribution is 2.15. The van der Waals surface area contributed by atoms with Crippen LogP contribution in [0.2, 0.25) is 0 Å². The quantitative estimate of drug-likeness (QED) is 0.864. The number of rotatable bonds is 2. The Morgan fingerprint density at radius 1 is 1.22 bits per heavy atom. The molecule has 0 aliphatic rings. The van der Waals surface area contributed by atoms with Crippen molar-refractivity contribution in [3.8, 4) is 0 Å². The number of aromatic nitrogens is 1. The maximum atomic E-state index is 13.2. The van der Waals surface area contributed by atoms with Crippen LogP contribution >= 0.6 is 15.9 Å². The first-order chi connectivity index (χ1) is 8.56. The van der Waals surface area contributed by atoms with Crippen molar-refractivity contribution in [1.29, 1.82) is 0 Å². The zero-order valence-electron chi connectivity index (χ0n) is 8.95. The molecule has 0 atom stereocenters. The van der Waals surface area contributed by atoms with Crippen molar-refractivity contribution < 1.29 is 13.6 Å². The lowest BCUT2D eigenvalue weighted by Gasteiger charge is -2.06. The number of hydrogen-bond donors (Lipinski definition) is 1. The molecule has 1 aromatic carbocycles. The van der Waals surface area contributed by atoms with Crippen molar-refractivity contribution >= 4 is 27.5 Å². The van der Waals surface area contributed by atoms with Crippen LogP contribution in [0.4, 0.5) is 14.5 Å². The predicted molar refractivity (Wildman–Crippen MR) is 66.2 cm³/mol. The van der Waals surface area contributed by atoms with Gasteiger partial charge in [0.05, 0.1) is 5.69 Å². The van der Waals surface area contributed by atoms with Crippen LogP contribution in [0.1, 0.15) is 10.4 Å². The van der Waals surface area contributed by atoms with Gasteiger partial charge in [-0.25, -0.2) is 0 Å². The van der Waals surface area contributed by atoms with Gasteiger partial charge in [-0.2, -0.15) is 13.8 Å². The van der Waals surface area contributed by atoms with E-state index in [-0.39, 0.29) is 5.69 Å². The van der Waals surface area contributed by atoms with Crippen LogP contribution in [0, 0.1) is 11.9 Å². The van der Waals surface area contributed by atoms with Gasteiger partial charge in [0, 0.05) is 10.0 Å². The molecule has 92 valence electrons. The molecule has 0 radical (unpaired) electrons. The molecule has 6 heteroatoms. The number of anilines is 1. The number of halogens is 3. The molecule has 0 fully saturated rings. The third-order valence-electron chi connectivity index (χ3n) is 2.15. The van der Waals surface area contributed by atoms with Crippen LogP contribution in [-0.2, 0) is 0 Å². The first kappa shape index (κ1) is 12.6. The van der Waals surface area contributed by atoms with E-state index in [1.807, 2.05) is 0 Å². The summed E-state index contributed by atoms with van der Waals surface area (Å²) >= 11 is 3.22. The Morgan fingerprint density at radius 2 is 2.00 bits per heavy atom. The molecule has 0 saturated heterocycles. The summed E-state index contributed by atoms with van der Waals surface area (Å²) in [5.74, 6) is -2.49. The summed E-state index contributed by atoms with van der Waals surface area (Å²) in [6.07, 6.45) is 0. The van der Waals surface area contributed by atoms with E-state index in [1.165, 1.54) is 0 Å². The molecule has 0 spiro atoms. The molecular weight excluding hydrogens is 306 g/mol. The summed E-state index contributed by atoms with van der Waals surface area (Å²) in [4.78, 5) is 14.8. The van der Waals surface area contributed by atoms with Gasteiger partial charge in [0.15, 0.2) is 0 Å². The van der Waals surface area contributed by atoms with Gasteiger partial charge < -0.3 is 5.32 Å². The van der Waals surface area contributed by atoms with Crippen LogP contribution in [0.3, 0.4) is 0 Å². The van der Waals surface area contributed by atoms with Gasteiger partial charge in [-0.05, 0) is 30.3 Å². The number of benzene rings is 1. The highest BCUT2D eigenvalue weighted by atomic mass is 79.9. The summed E-state index contributed by atoms with van der Waals surface area (Å²) in [6, 6.07) is 8.70. The first-order valence-electron chi connectivity index (χ1n) is 4.95. The number of hydrogen-bond acceptors (Lipinski definition) is 2. The molecule has 0 bridgehead atoms. The van der Waals surface area contributed by atoms with E-state index < -0.39 is 17.8 Å². The second-order valence-electron chi connectivity index (χ2n) is 3.44. The molecule has 0 aliphatic heterocycles. The Bertz CT molecular complexity index is 604. The van der Waals surface area contributed by atoms with Crippen LogP contribution in [0.25, 0.3) is 0 Å². The molecule has 0 saturated carbocycles. The summed E-state index contributed by atoms with van der Waals surface area (Å²) in [7, 11) is 0. The van der Waals surface area contributed by atoms with E-state index in [0.717, 1.165) is 16.6 Å². The average Bonchev–Trinajstić information content (AvgIpc) is 2.32. The number of pyridine rings is 1. The van der Waals surface area contributed by atoms with Crippen molar-refractivity contribution in [3.63, 3.8) is 0 Å². The normalized spacial score (nSPS) is 10.2. The molecule has 2 rings (SSSR count). The second kappa shape index (κ2) is 5.22. The van der Waals surface area contributed by atoms with E-state index in [1.54, 1.807) is 24.3 Å².